The van der Waals surface area contributed by atoms with Crippen LogP contribution in [0, 0.1) is 0 Å². The van der Waals surface area contributed by atoms with E-state index in [9.17, 15) is 0 Å². The van der Waals surface area contributed by atoms with Crippen molar-refractivity contribution in [1.82, 2.24) is 0 Å². The van der Waals surface area contributed by atoms with Gasteiger partial charge in [0.2, 0.25) is 0 Å². The van der Waals surface area contributed by atoms with Crippen molar-refractivity contribution in [1.29, 1.82) is 0 Å². The summed E-state index contributed by atoms with van der Waals surface area (Å²) in [7, 11) is 0. The van der Waals surface area contributed by atoms with E-state index >= 15 is 0 Å². The molecule has 0 radical (unpaired) electrons. The van der Waals surface area contributed by atoms with Crippen LogP contribution in [0.15, 0.2) is 170 Å². The van der Waals surface area contributed by atoms with Crippen molar-refractivity contribution in [2.24, 2.45) is 0 Å². The van der Waals surface area contributed by atoms with Crippen LogP contribution in [0.25, 0.3) is 21.9 Å². The van der Waals surface area contributed by atoms with Crippen molar-refractivity contribution in [3.8, 4) is 11.1 Å². The van der Waals surface area contributed by atoms with Crippen molar-refractivity contribution in [3.63, 3.8) is 0 Å². The molecule has 0 spiro atoms. The number of benzene rings is 7. The molecule has 0 aliphatic heterocycles. The summed E-state index contributed by atoms with van der Waals surface area (Å²) in [6.07, 6.45) is 2.36. The second-order valence-electron chi connectivity index (χ2n) is 14.9. The van der Waals surface area contributed by atoms with Crippen LogP contribution < -0.4 is 9.80 Å². The molecule has 0 aromatic heterocycles. The first-order valence-corrected chi connectivity index (χ1v) is 17.8. The minimum atomic E-state index is 0.0671. The first kappa shape index (κ1) is 31.7. The molecular weight excluding hydrogens is 605 g/mol. The molecule has 0 N–H and O–H groups in total. The third-order valence-corrected chi connectivity index (χ3v) is 10.6. The fraction of sp³-hybridized carbons (Fsp3) is 0.167. The van der Waals surface area contributed by atoms with Crippen molar-refractivity contribution in [2.75, 3.05) is 9.80 Å². The molecule has 246 valence electrons. The molecule has 7 aromatic rings. The van der Waals surface area contributed by atoms with Crippen LogP contribution in [0.4, 0.5) is 34.1 Å². The summed E-state index contributed by atoms with van der Waals surface area (Å²) in [6.45, 7) is 9.65. The topological polar surface area (TPSA) is 6.48 Å². The molecule has 0 bridgehead atoms. The largest absolute Gasteiger partial charge is 0.310 e. The van der Waals surface area contributed by atoms with E-state index in [1.807, 2.05) is 0 Å². The van der Waals surface area contributed by atoms with E-state index in [-0.39, 0.29) is 10.8 Å². The van der Waals surface area contributed by atoms with Gasteiger partial charge < -0.3 is 9.80 Å². The lowest BCUT2D eigenvalue weighted by atomic mass is 9.62. The van der Waals surface area contributed by atoms with E-state index < -0.39 is 0 Å². The highest BCUT2D eigenvalue weighted by molar-refractivity contribution is 5.90. The summed E-state index contributed by atoms with van der Waals surface area (Å²) in [5, 5.41) is 2.47. The van der Waals surface area contributed by atoms with Gasteiger partial charge in [0.05, 0.1) is 5.69 Å². The Kier molecular flexibility index (Phi) is 8.04. The SMILES string of the molecule is CC1(C)CCC(C)(C)c2c(N(c3ccccc3)c3cccc(-c4ccc(N(c5ccccc5)c5ccc6ccccc6c5)cc4)c3)cccc21. The number of fused-ring (bicyclic) bond motifs is 2. The number of rotatable bonds is 7. The lowest BCUT2D eigenvalue weighted by molar-refractivity contribution is 0.332. The summed E-state index contributed by atoms with van der Waals surface area (Å²) >= 11 is 0. The Labute approximate surface area is 297 Å². The fourth-order valence-corrected chi connectivity index (χ4v) is 7.86. The smallest absolute Gasteiger partial charge is 0.0502 e. The zero-order chi connectivity index (χ0) is 34.3. The zero-order valence-electron chi connectivity index (χ0n) is 29.5. The molecule has 0 saturated heterocycles. The summed E-state index contributed by atoms with van der Waals surface area (Å²) in [4.78, 5) is 4.81. The number of hydrogen-bond donors (Lipinski definition) is 0. The second kappa shape index (κ2) is 12.7. The predicted octanol–water partition coefficient (Wildman–Crippen LogP) is 13.8. The predicted molar refractivity (Wildman–Crippen MR) is 214 cm³/mol. The molecule has 1 aliphatic carbocycles. The van der Waals surface area contributed by atoms with E-state index in [2.05, 4.69) is 207 Å². The summed E-state index contributed by atoms with van der Waals surface area (Å²) in [5.41, 5.74) is 12.5. The Morgan fingerprint density at radius 3 is 1.64 bits per heavy atom. The molecule has 0 fully saturated rings. The highest BCUT2D eigenvalue weighted by Crippen LogP contribution is 2.52. The molecule has 7 aromatic carbocycles. The molecule has 0 unspecified atom stereocenters. The summed E-state index contributed by atoms with van der Waals surface area (Å²) < 4.78 is 0. The molecule has 0 saturated carbocycles. The first-order chi connectivity index (χ1) is 24.3. The third-order valence-electron chi connectivity index (χ3n) is 10.6. The van der Waals surface area contributed by atoms with Crippen molar-refractivity contribution < 1.29 is 0 Å². The molecule has 2 heteroatoms. The molecule has 50 heavy (non-hydrogen) atoms. The van der Waals surface area contributed by atoms with Crippen LogP contribution >= 0.6 is 0 Å². The second-order valence-corrected chi connectivity index (χ2v) is 14.9. The minimum absolute atomic E-state index is 0.0671. The normalized spacial score (nSPS) is 14.6. The van der Waals surface area contributed by atoms with Crippen LogP contribution in [0.3, 0.4) is 0 Å². The maximum atomic E-state index is 2.47. The van der Waals surface area contributed by atoms with Gasteiger partial charge in [-0.15, -0.1) is 0 Å². The van der Waals surface area contributed by atoms with Crippen LogP contribution in [0.1, 0.15) is 51.7 Å². The third kappa shape index (κ3) is 5.86. The van der Waals surface area contributed by atoms with Gasteiger partial charge in [0.25, 0.3) is 0 Å². The summed E-state index contributed by atoms with van der Waals surface area (Å²) in [5.74, 6) is 0. The average molecular weight is 649 g/mol. The highest BCUT2D eigenvalue weighted by Gasteiger charge is 2.39. The van der Waals surface area contributed by atoms with Crippen LogP contribution in [-0.4, -0.2) is 0 Å². The van der Waals surface area contributed by atoms with Crippen LogP contribution in [0.2, 0.25) is 0 Å². The molecule has 0 atom stereocenters. The average Bonchev–Trinajstić information content (AvgIpc) is 3.15. The first-order valence-electron chi connectivity index (χ1n) is 17.8. The van der Waals surface area contributed by atoms with E-state index in [4.69, 9.17) is 0 Å². The van der Waals surface area contributed by atoms with Gasteiger partial charge in [0, 0.05) is 28.4 Å². The van der Waals surface area contributed by atoms with Crippen LogP contribution in [0.5, 0.6) is 0 Å². The quantitative estimate of drug-likeness (QED) is 0.170. The van der Waals surface area contributed by atoms with Crippen molar-refractivity contribution in [3.05, 3.63) is 181 Å². The van der Waals surface area contributed by atoms with Gasteiger partial charge in [0.1, 0.15) is 0 Å². The number of anilines is 6. The van der Waals surface area contributed by atoms with Gasteiger partial charge in [-0.25, -0.2) is 0 Å². The monoisotopic (exact) mass is 648 g/mol. The molecular formula is C48H44N2. The fourth-order valence-electron chi connectivity index (χ4n) is 7.86. The number of para-hydroxylation sites is 2. The van der Waals surface area contributed by atoms with Gasteiger partial charge in [0.15, 0.2) is 0 Å². The van der Waals surface area contributed by atoms with Gasteiger partial charge >= 0.3 is 0 Å². The van der Waals surface area contributed by atoms with Crippen LogP contribution in [-0.2, 0) is 10.8 Å². The van der Waals surface area contributed by atoms with Crippen molar-refractivity contribution >= 4 is 44.9 Å². The molecule has 2 nitrogen and oxygen atoms in total. The van der Waals surface area contributed by atoms with Gasteiger partial charge in [-0.3, -0.25) is 0 Å². The molecule has 0 amide bonds. The Morgan fingerprint density at radius 1 is 0.380 bits per heavy atom. The lowest BCUT2D eigenvalue weighted by Crippen LogP contribution is -2.35. The standard InChI is InChI=1S/C48H44N2/c1-47(2)31-32-48(3,4)46-44(47)23-14-24-45(46)50(40-20-9-6-10-21-40)42-22-13-17-38(33-42)36-25-28-41(29-26-36)49(39-18-7-5-8-19-39)43-30-27-35-15-11-12-16-37(35)34-43/h5-30,33-34H,31-32H2,1-4H3. The Morgan fingerprint density at radius 2 is 0.920 bits per heavy atom. The lowest BCUT2D eigenvalue weighted by Gasteiger charge is -2.44. The molecule has 8 rings (SSSR count). The van der Waals surface area contributed by atoms with E-state index in [1.54, 1.807) is 0 Å². The van der Waals surface area contributed by atoms with Gasteiger partial charge in [-0.2, -0.15) is 0 Å². The van der Waals surface area contributed by atoms with Gasteiger partial charge in [-0.05, 0) is 123 Å². The Hall–Kier alpha value is -5.60. The Balaban J connectivity index is 1.21. The van der Waals surface area contributed by atoms with Crippen molar-refractivity contribution in [2.45, 2.75) is 51.4 Å². The highest BCUT2D eigenvalue weighted by atomic mass is 15.1. The van der Waals surface area contributed by atoms with E-state index in [0.29, 0.717) is 0 Å². The van der Waals surface area contributed by atoms with Gasteiger partial charge in [-0.1, -0.05) is 131 Å². The molecule has 0 heterocycles. The maximum Gasteiger partial charge on any atom is 0.0502 e. The van der Waals surface area contributed by atoms with E-state index in [0.717, 1.165) is 29.2 Å². The molecule has 1 aliphatic rings. The minimum Gasteiger partial charge on any atom is -0.310 e. The Bertz CT molecular complexity index is 2270. The number of hydrogen-bond acceptors (Lipinski definition) is 2. The number of nitrogens with zero attached hydrogens (tertiary/aromatic N) is 2. The maximum absolute atomic E-state index is 2.47. The zero-order valence-corrected chi connectivity index (χ0v) is 29.5. The summed E-state index contributed by atoms with van der Waals surface area (Å²) in [6, 6.07) is 61.7. The van der Waals surface area contributed by atoms with E-state index in [1.165, 1.54) is 50.8 Å².